The van der Waals surface area contributed by atoms with Crippen LogP contribution in [-0.2, 0) is 16.4 Å². The van der Waals surface area contributed by atoms with E-state index < -0.39 is 10.0 Å². The van der Waals surface area contributed by atoms with E-state index >= 15 is 0 Å². The highest BCUT2D eigenvalue weighted by atomic mass is 32.2. The van der Waals surface area contributed by atoms with E-state index in [1.165, 1.54) is 30.7 Å². The number of hydrogen-bond acceptors (Lipinski definition) is 5. The van der Waals surface area contributed by atoms with Crippen molar-refractivity contribution in [1.29, 1.82) is 0 Å². The number of nitrogens with zero attached hydrogens (tertiary/aromatic N) is 2. The molecule has 0 spiro atoms. The fourth-order valence-electron chi connectivity index (χ4n) is 2.11. The third-order valence-electron chi connectivity index (χ3n) is 3.53. The van der Waals surface area contributed by atoms with Gasteiger partial charge in [-0.3, -0.25) is 4.98 Å². The maximum atomic E-state index is 12.6. The number of pyridine rings is 1. The van der Waals surface area contributed by atoms with Crippen molar-refractivity contribution in [3.63, 3.8) is 0 Å². The molecule has 2 rings (SSSR count). The fraction of sp³-hybridized carbons (Fsp3) is 0.312. The Hall–Kier alpha value is -2.12. The monoisotopic (exact) mass is 336 g/mol. The molecule has 0 saturated carbocycles. The molecule has 0 aliphatic rings. The molecule has 0 aliphatic heterocycles. The first-order valence-corrected chi connectivity index (χ1v) is 8.50. The quantitative estimate of drug-likeness (QED) is 0.773. The average molecular weight is 336 g/mol. The Kier molecular flexibility index (Phi) is 5.57. The molecular formula is C16H20N2O4S. The molecule has 0 fully saturated rings. The van der Waals surface area contributed by atoms with Crippen LogP contribution in [0, 0.1) is 0 Å². The molecule has 0 bridgehead atoms. The van der Waals surface area contributed by atoms with Gasteiger partial charge >= 0.3 is 0 Å². The zero-order valence-corrected chi connectivity index (χ0v) is 14.2. The summed E-state index contributed by atoms with van der Waals surface area (Å²) in [7, 11) is 0.959. The summed E-state index contributed by atoms with van der Waals surface area (Å²) in [4.78, 5) is 4.12. The summed E-state index contributed by atoms with van der Waals surface area (Å²) >= 11 is 0. The van der Waals surface area contributed by atoms with Crippen LogP contribution in [0.5, 0.6) is 11.5 Å². The van der Waals surface area contributed by atoms with Crippen LogP contribution in [0.15, 0.2) is 47.6 Å². The summed E-state index contributed by atoms with van der Waals surface area (Å²) in [5.41, 5.74) is 1.04. The number of methoxy groups -OCH3 is 2. The van der Waals surface area contributed by atoms with Crippen LogP contribution < -0.4 is 9.47 Å². The number of ether oxygens (including phenoxy) is 2. The normalized spacial score (nSPS) is 11.5. The molecule has 124 valence electrons. The first-order chi connectivity index (χ1) is 11.0. The summed E-state index contributed by atoms with van der Waals surface area (Å²) in [5.74, 6) is 0.877. The van der Waals surface area contributed by atoms with Crippen LogP contribution in [0.25, 0.3) is 0 Å². The van der Waals surface area contributed by atoms with E-state index in [2.05, 4.69) is 4.98 Å². The minimum Gasteiger partial charge on any atom is -0.493 e. The van der Waals surface area contributed by atoms with E-state index in [0.29, 0.717) is 24.5 Å². The Morgan fingerprint density at radius 2 is 1.70 bits per heavy atom. The summed E-state index contributed by atoms with van der Waals surface area (Å²) in [6.07, 6.45) is 4.00. The van der Waals surface area contributed by atoms with Gasteiger partial charge in [-0.1, -0.05) is 0 Å². The molecule has 0 aliphatic carbocycles. The molecule has 0 amide bonds. The molecule has 0 atom stereocenters. The molecule has 2 aromatic rings. The van der Waals surface area contributed by atoms with E-state index in [1.54, 1.807) is 25.5 Å². The highest BCUT2D eigenvalue weighted by molar-refractivity contribution is 7.89. The van der Waals surface area contributed by atoms with E-state index in [0.717, 1.165) is 5.56 Å². The number of aromatic nitrogens is 1. The predicted octanol–water partition coefficient (Wildman–Crippen LogP) is 1.96. The van der Waals surface area contributed by atoms with Crippen LogP contribution in [-0.4, -0.2) is 45.5 Å². The topological polar surface area (TPSA) is 68.7 Å². The zero-order valence-electron chi connectivity index (χ0n) is 13.4. The largest absolute Gasteiger partial charge is 0.493 e. The smallest absolute Gasteiger partial charge is 0.242 e. The SMILES string of the molecule is COc1ccc(S(=O)(=O)N(C)CCc2ccncc2)cc1OC. The number of hydrogen-bond donors (Lipinski definition) is 0. The Labute approximate surface area is 136 Å². The molecule has 7 heteroatoms. The number of benzene rings is 1. The van der Waals surface area contributed by atoms with Crippen LogP contribution in [0.3, 0.4) is 0 Å². The van der Waals surface area contributed by atoms with E-state index in [9.17, 15) is 8.42 Å². The van der Waals surface area contributed by atoms with E-state index in [4.69, 9.17) is 9.47 Å². The van der Waals surface area contributed by atoms with Crippen molar-refractivity contribution in [1.82, 2.24) is 9.29 Å². The van der Waals surface area contributed by atoms with Gasteiger partial charge in [0.1, 0.15) is 0 Å². The first-order valence-electron chi connectivity index (χ1n) is 7.06. The summed E-state index contributed by atoms with van der Waals surface area (Å²) in [6.45, 7) is 0.376. The van der Waals surface area contributed by atoms with Crippen LogP contribution >= 0.6 is 0 Å². The van der Waals surface area contributed by atoms with Gasteiger partial charge in [-0.2, -0.15) is 0 Å². The minimum absolute atomic E-state index is 0.173. The minimum atomic E-state index is -3.58. The van der Waals surface area contributed by atoms with Crippen molar-refractivity contribution in [3.8, 4) is 11.5 Å². The lowest BCUT2D eigenvalue weighted by Crippen LogP contribution is -2.29. The Morgan fingerprint density at radius 1 is 1.04 bits per heavy atom. The lowest BCUT2D eigenvalue weighted by atomic mass is 10.2. The van der Waals surface area contributed by atoms with Crippen molar-refractivity contribution in [3.05, 3.63) is 48.3 Å². The molecule has 6 nitrogen and oxygen atoms in total. The fourth-order valence-corrected chi connectivity index (χ4v) is 3.30. The highest BCUT2D eigenvalue weighted by Gasteiger charge is 2.22. The van der Waals surface area contributed by atoms with E-state index in [-0.39, 0.29) is 4.90 Å². The standard InChI is InChI=1S/C16H20N2O4S/c1-18(11-8-13-6-9-17-10-7-13)23(19,20)14-4-5-15(21-2)16(12-14)22-3/h4-7,9-10,12H,8,11H2,1-3H3. The lowest BCUT2D eigenvalue weighted by molar-refractivity contribution is 0.353. The lowest BCUT2D eigenvalue weighted by Gasteiger charge is -2.18. The molecule has 1 heterocycles. The Morgan fingerprint density at radius 3 is 2.30 bits per heavy atom. The summed E-state index contributed by atoms with van der Waals surface area (Å²) < 4.78 is 36.9. The zero-order chi connectivity index (χ0) is 16.9. The van der Waals surface area contributed by atoms with Crippen molar-refractivity contribution in [2.75, 3.05) is 27.8 Å². The van der Waals surface area contributed by atoms with Crippen LogP contribution in [0.4, 0.5) is 0 Å². The molecular weight excluding hydrogens is 316 g/mol. The third-order valence-corrected chi connectivity index (χ3v) is 5.38. The Bertz CT molecular complexity index is 748. The van der Waals surface area contributed by atoms with Crippen molar-refractivity contribution in [2.45, 2.75) is 11.3 Å². The molecule has 0 N–H and O–H groups in total. The highest BCUT2D eigenvalue weighted by Crippen LogP contribution is 2.30. The maximum absolute atomic E-state index is 12.6. The Balaban J connectivity index is 2.17. The van der Waals surface area contributed by atoms with Gasteiger partial charge in [0.25, 0.3) is 0 Å². The van der Waals surface area contributed by atoms with Crippen LogP contribution in [0.2, 0.25) is 0 Å². The number of sulfonamides is 1. The van der Waals surface area contributed by atoms with Crippen molar-refractivity contribution < 1.29 is 17.9 Å². The van der Waals surface area contributed by atoms with Crippen molar-refractivity contribution >= 4 is 10.0 Å². The van der Waals surface area contributed by atoms with Gasteiger partial charge < -0.3 is 9.47 Å². The molecule has 0 radical (unpaired) electrons. The first kappa shape index (κ1) is 17.2. The number of rotatable bonds is 7. The summed E-state index contributed by atoms with van der Waals surface area (Å²) in [6, 6.07) is 8.31. The number of likely N-dealkylation sites (N-methyl/N-ethyl adjacent to an activating group) is 1. The van der Waals surface area contributed by atoms with Gasteiger partial charge in [-0.05, 0) is 36.2 Å². The molecule has 0 saturated heterocycles. The molecule has 0 unspecified atom stereocenters. The van der Waals surface area contributed by atoms with Crippen LogP contribution in [0.1, 0.15) is 5.56 Å². The van der Waals surface area contributed by atoms with Gasteiger partial charge in [0, 0.05) is 32.1 Å². The van der Waals surface area contributed by atoms with Gasteiger partial charge in [-0.25, -0.2) is 12.7 Å². The maximum Gasteiger partial charge on any atom is 0.242 e. The predicted molar refractivity (Wildman–Crippen MR) is 87.3 cm³/mol. The molecule has 23 heavy (non-hydrogen) atoms. The van der Waals surface area contributed by atoms with Gasteiger partial charge in [0.15, 0.2) is 11.5 Å². The van der Waals surface area contributed by atoms with Gasteiger partial charge in [0.2, 0.25) is 10.0 Å². The van der Waals surface area contributed by atoms with E-state index in [1.807, 2.05) is 12.1 Å². The molecule has 1 aromatic carbocycles. The average Bonchev–Trinajstić information content (AvgIpc) is 2.59. The second-order valence-corrected chi connectivity index (χ2v) is 6.99. The second-order valence-electron chi connectivity index (χ2n) is 4.95. The third kappa shape index (κ3) is 4.00. The second kappa shape index (κ2) is 7.43. The van der Waals surface area contributed by atoms with Gasteiger partial charge in [-0.15, -0.1) is 0 Å². The van der Waals surface area contributed by atoms with Gasteiger partial charge in [0.05, 0.1) is 19.1 Å². The summed E-state index contributed by atoms with van der Waals surface area (Å²) in [5, 5.41) is 0. The van der Waals surface area contributed by atoms with Crippen molar-refractivity contribution in [2.24, 2.45) is 0 Å². The molecule has 1 aromatic heterocycles.